The third kappa shape index (κ3) is 2.02. The summed E-state index contributed by atoms with van der Waals surface area (Å²) in [6.07, 6.45) is 7.04. The standard InChI is InChI=1S/C10H17N2O/c13-9-12-7-3-4-10(12)8-11-5-1-2-6-11/h10H,1-8H2. The van der Waals surface area contributed by atoms with E-state index in [1.165, 1.54) is 32.4 Å². The number of amides is 1. The molecule has 2 fully saturated rings. The monoisotopic (exact) mass is 181 g/mol. The normalized spacial score (nSPS) is 29.8. The largest absolute Gasteiger partial charge is 0.330 e. The second kappa shape index (κ2) is 4.09. The van der Waals surface area contributed by atoms with Crippen molar-refractivity contribution in [1.82, 2.24) is 9.80 Å². The molecule has 2 aliphatic heterocycles. The molecule has 0 aliphatic carbocycles. The molecule has 0 aromatic carbocycles. The van der Waals surface area contributed by atoms with E-state index in [-0.39, 0.29) is 0 Å². The van der Waals surface area contributed by atoms with Crippen molar-refractivity contribution in [3.05, 3.63) is 0 Å². The predicted molar refractivity (Wildman–Crippen MR) is 51.1 cm³/mol. The van der Waals surface area contributed by atoms with Crippen LogP contribution in [0.15, 0.2) is 0 Å². The van der Waals surface area contributed by atoms with E-state index in [4.69, 9.17) is 0 Å². The van der Waals surface area contributed by atoms with Crippen molar-refractivity contribution in [2.75, 3.05) is 26.2 Å². The fourth-order valence-electron chi connectivity index (χ4n) is 2.41. The second-order valence-corrected chi connectivity index (χ2v) is 4.09. The Labute approximate surface area is 79.7 Å². The molecule has 2 aliphatic rings. The highest BCUT2D eigenvalue weighted by Gasteiger charge is 2.26. The first-order chi connectivity index (χ1) is 6.40. The molecule has 1 radical (unpaired) electrons. The number of rotatable bonds is 3. The number of nitrogens with zero attached hydrogens (tertiary/aromatic N) is 2. The lowest BCUT2D eigenvalue weighted by Crippen LogP contribution is -2.38. The van der Waals surface area contributed by atoms with Gasteiger partial charge >= 0.3 is 6.41 Å². The fraction of sp³-hybridized carbons (Fsp3) is 0.900. The molecule has 2 saturated heterocycles. The molecular formula is C10H17N2O. The lowest BCUT2D eigenvalue weighted by molar-refractivity contribution is 0.246. The summed E-state index contributed by atoms with van der Waals surface area (Å²) in [6.45, 7) is 4.45. The van der Waals surface area contributed by atoms with Crippen LogP contribution in [0.25, 0.3) is 0 Å². The maximum atomic E-state index is 10.6. The Balaban J connectivity index is 1.82. The van der Waals surface area contributed by atoms with Crippen LogP contribution in [0.2, 0.25) is 0 Å². The number of likely N-dealkylation sites (tertiary alicyclic amines) is 2. The molecule has 3 heteroatoms. The quantitative estimate of drug-likeness (QED) is 0.637. The first kappa shape index (κ1) is 9.00. The van der Waals surface area contributed by atoms with Gasteiger partial charge in [0.05, 0.1) is 0 Å². The Bertz CT molecular complexity index is 178. The zero-order chi connectivity index (χ0) is 9.10. The van der Waals surface area contributed by atoms with Gasteiger partial charge in [-0.1, -0.05) is 0 Å². The van der Waals surface area contributed by atoms with Crippen molar-refractivity contribution in [2.24, 2.45) is 0 Å². The predicted octanol–water partition coefficient (Wildman–Crippen LogP) is 0.614. The maximum absolute atomic E-state index is 10.6. The Hall–Kier alpha value is -0.570. The summed E-state index contributed by atoms with van der Waals surface area (Å²) in [5.74, 6) is 0. The summed E-state index contributed by atoms with van der Waals surface area (Å²) in [5, 5.41) is 0. The molecule has 0 aromatic rings. The number of hydrogen-bond acceptors (Lipinski definition) is 2. The molecule has 3 nitrogen and oxygen atoms in total. The van der Waals surface area contributed by atoms with E-state index in [1.54, 1.807) is 0 Å². The van der Waals surface area contributed by atoms with E-state index in [1.807, 2.05) is 11.3 Å². The smallest absolute Gasteiger partial charge is 0.312 e. The van der Waals surface area contributed by atoms with Crippen LogP contribution in [0.1, 0.15) is 25.7 Å². The van der Waals surface area contributed by atoms with E-state index in [2.05, 4.69) is 4.90 Å². The molecular weight excluding hydrogens is 164 g/mol. The molecule has 2 rings (SSSR count). The Morgan fingerprint density at radius 2 is 1.92 bits per heavy atom. The van der Waals surface area contributed by atoms with Crippen LogP contribution in [0.5, 0.6) is 0 Å². The van der Waals surface area contributed by atoms with Crippen LogP contribution in [0.4, 0.5) is 0 Å². The summed E-state index contributed by atoms with van der Waals surface area (Å²) < 4.78 is 0. The van der Waals surface area contributed by atoms with Gasteiger partial charge in [0.1, 0.15) is 0 Å². The van der Waals surface area contributed by atoms with Gasteiger partial charge in [0, 0.05) is 19.1 Å². The fourth-order valence-corrected chi connectivity index (χ4v) is 2.41. The maximum Gasteiger partial charge on any atom is 0.312 e. The first-order valence-corrected chi connectivity index (χ1v) is 5.27. The highest BCUT2D eigenvalue weighted by molar-refractivity contribution is 5.49. The molecule has 0 N–H and O–H groups in total. The van der Waals surface area contributed by atoms with Gasteiger partial charge in [-0.25, -0.2) is 0 Å². The molecule has 0 aromatic heterocycles. The second-order valence-electron chi connectivity index (χ2n) is 4.09. The van der Waals surface area contributed by atoms with E-state index in [0.717, 1.165) is 19.5 Å². The van der Waals surface area contributed by atoms with E-state index >= 15 is 0 Å². The van der Waals surface area contributed by atoms with Crippen molar-refractivity contribution in [1.29, 1.82) is 0 Å². The van der Waals surface area contributed by atoms with Gasteiger partial charge in [0.2, 0.25) is 0 Å². The third-order valence-corrected chi connectivity index (χ3v) is 3.16. The van der Waals surface area contributed by atoms with Gasteiger partial charge in [-0.15, -0.1) is 0 Å². The van der Waals surface area contributed by atoms with Crippen LogP contribution in [-0.4, -0.2) is 48.4 Å². The lowest BCUT2D eigenvalue weighted by atomic mass is 10.2. The Morgan fingerprint density at radius 1 is 1.15 bits per heavy atom. The zero-order valence-electron chi connectivity index (χ0n) is 8.04. The molecule has 1 amide bonds. The molecule has 2 heterocycles. The molecule has 13 heavy (non-hydrogen) atoms. The summed E-state index contributed by atoms with van der Waals surface area (Å²) in [7, 11) is 0. The molecule has 0 spiro atoms. The van der Waals surface area contributed by atoms with Crippen molar-refractivity contribution < 1.29 is 4.79 Å². The topological polar surface area (TPSA) is 23.6 Å². The summed E-state index contributed by atoms with van der Waals surface area (Å²) >= 11 is 0. The minimum atomic E-state index is 0.454. The molecule has 1 unspecified atom stereocenters. The minimum absolute atomic E-state index is 0.454. The average Bonchev–Trinajstić information content (AvgIpc) is 2.76. The molecule has 73 valence electrons. The summed E-state index contributed by atoms with van der Waals surface area (Å²) in [4.78, 5) is 14.9. The SMILES string of the molecule is O=[C]N1CCCC1CN1CCCC1. The Kier molecular flexibility index (Phi) is 2.83. The minimum Gasteiger partial charge on any atom is -0.330 e. The van der Waals surface area contributed by atoms with Gasteiger partial charge in [0.15, 0.2) is 0 Å². The van der Waals surface area contributed by atoms with E-state index < -0.39 is 0 Å². The van der Waals surface area contributed by atoms with Gasteiger partial charge in [-0.05, 0) is 38.8 Å². The van der Waals surface area contributed by atoms with Crippen LogP contribution in [0.3, 0.4) is 0 Å². The molecule has 0 bridgehead atoms. The van der Waals surface area contributed by atoms with Crippen molar-refractivity contribution >= 4 is 6.41 Å². The van der Waals surface area contributed by atoms with E-state index in [9.17, 15) is 4.79 Å². The van der Waals surface area contributed by atoms with Gasteiger partial charge < -0.3 is 9.80 Å². The zero-order valence-corrected chi connectivity index (χ0v) is 8.04. The first-order valence-electron chi connectivity index (χ1n) is 5.27. The highest BCUT2D eigenvalue weighted by atomic mass is 16.1. The number of carbonyl (C=O) groups excluding carboxylic acids is 1. The van der Waals surface area contributed by atoms with Crippen LogP contribution >= 0.6 is 0 Å². The lowest BCUT2D eigenvalue weighted by Gasteiger charge is -2.24. The van der Waals surface area contributed by atoms with Crippen LogP contribution in [-0.2, 0) is 4.79 Å². The summed E-state index contributed by atoms with van der Waals surface area (Å²) in [6, 6.07) is 0.454. The van der Waals surface area contributed by atoms with Gasteiger partial charge in [0.25, 0.3) is 0 Å². The van der Waals surface area contributed by atoms with Gasteiger partial charge in [-0.2, -0.15) is 0 Å². The van der Waals surface area contributed by atoms with Crippen LogP contribution in [0, 0.1) is 0 Å². The van der Waals surface area contributed by atoms with Gasteiger partial charge in [-0.3, -0.25) is 4.79 Å². The average molecular weight is 181 g/mol. The highest BCUT2D eigenvalue weighted by Crippen LogP contribution is 2.18. The third-order valence-electron chi connectivity index (χ3n) is 3.16. The Morgan fingerprint density at radius 3 is 2.62 bits per heavy atom. The summed E-state index contributed by atoms with van der Waals surface area (Å²) in [5.41, 5.74) is 0. The van der Waals surface area contributed by atoms with Crippen LogP contribution < -0.4 is 0 Å². The van der Waals surface area contributed by atoms with Crippen molar-refractivity contribution in [3.63, 3.8) is 0 Å². The number of hydrogen-bond donors (Lipinski definition) is 0. The molecule has 0 saturated carbocycles. The van der Waals surface area contributed by atoms with E-state index in [0.29, 0.717) is 6.04 Å². The van der Waals surface area contributed by atoms with Crippen molar-refractivity contribution in [2.45, 2.75) is 31.7 Å². The van der Waals surface area contributed by atoms with Crippen molar-refractivity contribution in [3.8, 4) is 0 Å². The molecule has 1 atom stereocenters.